The highest BCUT2D eigenvalue weighted by Crippen LogP contribution is 2.30. The van der Waals surface area contributed by atoms with E-state index < -0.39 is 0 Å². The molecule has 2 rings (SSSR count). The highest BCUT2D eigenvalue weighted by atomic mass is 79.9. The van der Waals surface area contributed by atoms with E-state index in [0.717, 1.165) is 4.47 Å². The molecule has 0 N–H and O–H groups in total. The summed E-state index contributed by atoms with van der Waals surface area (Å²) in [6.07, 6.45) is 5.71. The van der Waals surface area contributed by atoms with Gasteiger partial charge in [-0.05, 0) is 57.6 Å². The summed E-state index contributed by atoms with van der Waals surface area (Å²) in [5.41, 5.74) is 2.43. The van der Waals surface area contributed by atoms with Crippen LogP contribution in [0.1, 0.15) is 0 Å². The molecule has 1 heterocycles. The topological polar surface area (TPSA) is 12.9 Å². The van der Waals surface area contributed by atoms with Gasteiger partial charge in [0.15, 0.2) is 0 Å². The summed E-state index contributed by atoms with van der Waals surface area (Å²) in [5.74, 6) is 0. The van der Waals surface area contributed by atoms with Gasteiger partial charge in [-0.3, -0.25) is 4.98 Å². The summed E-state index contributed by atoms with van der Waals surface area (Å²) < 4.78 is 1.15. The Kier molecular flexibility index (Phi) is 3.44. The average molecular weight is 280 g/mol. The summed E-state index contributed by atoms with van der Waals surface area (Å²) in [7, 11) is 0. The second kappa shape index (κ2) is 4.81. The van der Waals surface area contributed by atoms with E-state index >= 15 is 0 Å². The van der Waals surface area contributed by atoms with Gasteiger partial charge in [0.25, 0.3) is 0 Å². The zero-order valence-electron chi connectivity index (χ0n) is 8.27. The van der Waals surface area contributed by atoms with Crippen LogP contribution in [0.5, 0.6) is 0 Å². The van der Waals surface area contributed by atoms with Crippen molar-refractivity contribution in [1.82, 2.24) is 4.98 Å². The molecule has 76 valence electrons. The molecular formula is C12H10BrNS. The Morgan fingerprint density at radius 1 is 1.07 bits per heavy atom. The molecule has 0 saturated heterocycles. The van der Waals surface area contributed by atoms with E-state index in [1.165, 1.54) is 16.0 Å². The van der Waals surface area contributed by atoms with Crippen LogP contribution in [0, 0.1) is 0 Å². The maximum atomic E-state index is 4.02. The second-order valence-corrected chi connectivity index (χ2v) is 4.79. The standard InChI is InChI=1S/C12H10BrNS/c1-15-12-8-10(2-3-11(12)13)9-4-6-14-7-5-9/h2-8H,1H3. The lowest BCUT2D eigenvalue weighted by Crippen LogP contribution is -1.80. The van der Waals surface area contributed by atoms with Crippen LogP contribution in [0.2, 0.25) is 0 Å². The molecule has 15 heavy (non-hydrogen) atoms. The first kappa shape index (κ1) is 10.7. The van der Waals surface area contributed by atoms with Gasteiger partial charge >= 0.3 is 0 Å². The number of hydrogen-bond donors (Lipinski definition) is 0. The Morgan fingerprint density at radius 3 is 2.47 bits per heavy atom. The van der Waals surface area contributed by atoms with Gasteiger partial charge in [0, 0.05) is 21.8 Å². The van der Waals surface area contributed by atoms with Crippen LogP contribution < -0.4 is 0 Å². The zero-order valence-corrected chi connectivity index (χ0v) is 10.7. The number of halogens is 1. The van der Waals surface area contributed by atoms with Crippen molar-refractivity contribution in [3.05, 3.63) is 47.2 Å². The molecule has 0 amide bonds. The van der Waals surface area contributed by atoms with Crippen molar-refractivity contribution in [3.63, 3.8) is 0 Å². The fourth-order valence-electron chi connectivity index (χ4n) is 1.38. The molecule has 0 saturated carbocycles. The molecule has 0 atom stereocenters. The van der Waals surface area contributed by atoms with Crippen molar-refractivity contribution >= 4 is 27.7 Å². The fourth-order valence-corrected chi connectivity index (χ4v) is 2.62. The third-order valence-corrected chi connectivity index (χ3v) is 3.90. The Hall–Kier alpha value is -0.800. The Bertz CT molecular complexity index is 456. The molecule has 0 radical (unpaired) electrons. The van der Waals surface area contributed by atoms with Crippen LogP contribution in [0.4, 0.5) is 0 Å². The first-order valence-electron chi connectivity index (χ1n) is 4.55. The minimum absolute atomic E-state index is 1.15. The van der Waals surface area contributed by atoms with Crippen LogP contribution in [0.3, 0.4) is 0 Å². The molecule has 0 aliphatic heterocycles. The van der Waals surface area contributed by atoms with Gasteiger partial charge in [-0.1, -0.05) is 6.07 Å². The molecule has 0 spiro atoms. The lowest BCUT2D eigenvalue weighted by Gasteiger charge is -2.05. The van der Waals surface area contributed by atoms with Crippen LogP contribution in [-0.4, -0.2) is 11.2 Å². The highest BCUT2D eigenvalue weighted by Gasteiger charge is 2.01. The molecule has 0 unspecified atom stereocenters. The Morgan fingerprint density at radius 2 is 1.80 bits per heavy atom. The molecule has 0 aliphatic carbocycles. The van der Waals surface area contributed by atoms with Gasteiger partial charge in [-0.2, -0.15) is 0 Å². The van der Waals surface area contributed by atoms with Gasteiger partial charge in [0.2, 0.25) is 0 Å². The molecule has 0 fully saturated rings. The second-order valence-electron chi connectivity index (χ2n) is 3.09. The van der Waals surface area contributed by atoms with Gasteiger partial charge in [0.1, 0.15) is 0 Å². The van der Waals surface area contributed by atoms with Crippen molar-refractivity contribution in [2.75, 3.05) is 6.26 Å². The molecule has 1 aromatic heterocycles. The number of pyridine rings is 1. The highest BCUT2D eigenvalue weighted by molar-refractivity contribution is 9.10. The lowest BCUT2D eigenvalue weighted by molar-refractivity contribution is 1.32. The van der Waals surface area contributed by atoms with E-state index in [9.17, 15) is 0 Å². The van der Waals surface area contributed by atoms with Crippen LogP contribution >= 0.6 is 27.7 Å². The monoisotopic (exact) mass is 279 g/mol. The van der Waals surface area contributed by atoms with Crippen molar-refractivity contribution < 1.29 is 0 Å². The molecule has 0 bridgehead atoms. The van der Waals surface area contributed by atoms with E-state index in [0.29, 0.717) is 0 Å². The smallest absolute Gasteiger partial charge is 0.0311 e. The predicted octanol–water partition coefficient (Wildman–Crippen LogP) is 4.23. The summed E-state index contributed by atoms with van der Waals surface area (Å²) in [6.45, 7) is 0. The maximum Gasteiger partial charge on any atom is 0.0311 e. The van der Waals surface area contributed by atoms with Crippen LogP contribution in [0.25, 0.3) is 11.1 Å². The summed E-state index contributed by atoms with van der Waals surface area (Å²) >= 11 is 5.27. The van der Waals surface area contributed by atoms with Gasteiger partial charge in [-0.25, -0.2) is 0 Å². The Balaban J connectivity index is 2.46. The van der Waals surface area contributed by atoms with Crippen molar-refractivity contribution in [1.29, 1.82) is 0 Å². The normalized spacial score (nSPS) is 10.3. The third-order valence-electron chi connectivity index (χ3n) is 2.16. The number of thioether (sulfide) groups is 1. The molecule has 2 aromatic rings. The quantitative estimate of drug-likeness (QED) is 0.763. The van der Waals surface area contributed by atoms with E-state index in [1.807, 2.05) is 24.5 Å². The minimum atomic E-state index is 1.15. The van der Waals surface area contributed by atoms with Crippen LogP contribution in [-0.2, 0) is 0 Å². The first-order valence-corrected chi connectivity index (χ1v) is 6.57. The van der Waals surface area contributed by atoms with Crippen molar-refractivity contribution in [3.8, 4) is 11.1 Å². The van der Waals surface area contributed by atoms with E-state index in [-0.39, 0.29) is 0 Å². The molecular weight excluding hydrogens is 270 g/mol. The van der Waals surface area contributed by atoms with Gasteiger partial charge < -0.3 is 0 Å². The summed E-state index contributed by atoms with van der Waals surface area (Å²) in [4.78, 5) is 5.27. The zero-order chi connectivity index (χ0) is 10.7. The number of rotatable bonds is 2. The number of hydrogen-bond acceptors (Lipinski definition) is 2. The van der Waals surface area contributed by atoms with Crippen molar-refractivity contribution in [2.45, 2.75) is 4.90 Å². The van der Waals surface area contributed by atoms with E-state index in [2.05, 4.69) is 45.4 Å². The van der Waals surface area contributed by atoms with Crippen molar-refractivity contribution in [2.24, 2.45) is 0 Å². The minimum Gasteiger partial charge on any atom is -0.265 e. The third kappa shape index (κ3) is 2.41. The molecule has 1 aromatic carbocycles. The number of aromatic nitrogens is 1. The SMILES string of the molecule is CSc1cc(-c2ccncc2)ccc1Br. The average Bonchev–Trinajstić information content (AvgIpc) is 2.31. The first-order chi connectivity index (χ1) is 7.31. The van der Waals surface area contributed by atoms with E-state index in [1.54, 1.807) is 11.8 Å². The number of nitrogens with zero attached hydrogens (tertiary/aromatic N) is 1. The maximum absolute atomic E-state index is 4.02. The Labute approximate surface area is 102 Å². The number of benzene rings is 1. The summed E-state index contributed by atoms with van der Waals surface area (Å²) in [6, 6.07) is 10.4. The molecule has 3 heteroatoms. The fraction of sp³-hybridized carbons (Fsp3) is 0.0833. The lowest BCUT2D eigenvalue weighted by atomic mass is 10.1. The molecule has 0 aliphatic rings. The summed E-state index contributed by atoms with van der Waals surface area (Å²) in [5, 5.41) is 0. The van der Waals surface area contributed by atoms with Gasteiger partial charge in [-0.15, -0.1) is 11.8 Å². The van der Waals surface area contributed by atoms with Crippen LogP contribution in [0.15, 0.2) is 52.1 Å². The molecule has 1 nitrogen and oxygen atoms in total. The van der Waals surface area contributed by atoms with E-state index in [4.69, 9.17) is 0 Å². The van der Waals surface area contributed by atoms with Gasteiger partial charge in [0.05, 0.1) is 0 Å². The predicted molar refractivity (Wildman–Crippen MR) is 69.2 cm³/mol. The largest absolute Gasteiger partial charge is 0.265 e.